The summed E-state index contributed by atoms with van der Waals surface area (Å²) in [6, 6.07) is 129. The third-order valence-corrected chi connectivity index (χ3v) is 22.0. The van der Waals surface area contributed by atoms with Crippen molar-refractivity contribution in [3.05, 3.63) is 374 Å². The fraction of sp³-hybridized carbons (Fsp3) is 0.151. The first kappa shape index (κ1) is 72.0. The molecule has 0 aliphatic rings. The number of aromatic nitrogens is 1. The van der Waals surface area contributed by atoms with Crippen LogP contribution in [0.4, 0.5) is 51.2 Å². The number of ether oxygens (including phenoxy) is 1. The zero-order valence-electron chi connectivity index (χ0n) is 66.1. The molecule has 0 amide bonds. The zero-order chi connectivity index (χ0) is 77.2. The molecule has 2 aromatic heterocycles. The SMILES string of the molecule is CC(C)(C)c1cc(Oc2cccc(-n3c4ccc(C(C)(C)C)cc4c4cc(C(C)(C)C)ccc43)c2)cc(N(c2cccc(N(c3cc(N(c4ccccc4)c4c(-c5ccccc5)cccc4-c4ccccc4)cc(C(C)(C)C)c3)c3cccc4c3oc3ccccc34)c2)c2c(-c3ccccc3)cccc2-c2ccccc2)c1. The van der Waals surface area contributed by atoms with Crippen LogP contribution in [-0.2, 0) is 21.7 Å². The van der Waals surface area contributed by atoms with Gasteiger partial charge in [-0.1, -0.05) is 314 Å². The van der Waals surface area contributed by atoms with Gasteiger partial charge >= 0.3 is 0 Å². The first-order valence-electron chi connectivity index (χ1n) is 39.2. The third kappa shape index (κ3) is 13.9. The fourth-order valence-corrected chi connectivity index (χ4v) is 16.0. The molecule has 0 aliphatic heterocycles. The van der Waals surface area contributed by atoms with Crippen molar-refractivity contribution in [1.82, 2.24) is 4.57 Å². The first-order chi connectivity index (χ1) is 54.1. The molecule has 6 nitrogen and oxygen atoms in total. The molecule has 0 unspecified atom stereocenters. The topological polar surface area (TPSA) is 37.0 Å². The highest BCUT2D eigenvalue weighted by Gasteiger charge is 2.32. The minimum atomic E-state index is -0.337. The Labute approximate surface area is 659 Å². The normalized spacial score (nSPS) is 12.1. The lowest BCUT2D eigenvalue weighted by Crippen LogP contribution is -2.19. The maximum atomic E-state index is 7.48. The second-order valence-corrected chi connectivity index (χ2v) is 33.8. The Morgan fingerprint density at radius 1 is 0.259 bits per heavy atom. The summed E-state index contributed by atoms with van der Waals surface area (Å²) in [5.41, 5.74) is 26.5. The van der Waals surface area contributed by atoms with E-state index in [0.717, 1.165) is 151 Å². The van der Waals surface area contributed by atoms with Crippen LogP contribution in [0.3, 0.4) is 0 Å². The van der Waals surface area contributed by atoms with Crippen LogP contribution in [-0.4, -0.2) is 4.57 Å². The summed E-state index contributed by atoms with van der Waals surface area (Å²) in [6.45, 7) is 27.6. The van der Waals surface area contributed by atoms with E-state index in [1.54, 1.807) is 0 Å². The summed E-state index contributed by atoms with van der Waals surface area (Å²) in [5.74, 6) is 1.44. The Balaban J connectivity index is 0.909. The predicted octanol–water partition coefficient (Wildman–Crippen LogP) is 30.7. The fourth-order valence-electron chi connectivity index (χ4n) is 16.0. The smallest absolute Gasteiger partial charge is 0.159 e. The molecule has 17 aromatic rings. The molecule has 15 aromatic carbocycles. The summed E-state index contributed by atoms with van der Waals surface area (Å²) >= 11 is 0. The van der Waals surface area contributed by atoms with Gasteiger partial charge in [-0.3, -0.25) is 0 Å². The highest BCUT2D eigenvalue weighted by molar-refractivity contribution is 6.12. The van der Waals surface area contributed by atoms with E-state index in [1.165, 1.54) is 21.9 Å². The second kappa shape index (κ2) is 28.8. The zero-order valence-corrected chi connectivity index (χ0v) is 66.1. The van der Waals surface area contributed by atoms with E-state index in [0.29, 0.717) is 5.75 Å². The summed E-state index contributed by atoms with van der Waals surface area (Å²) in [7, 11) is 0. The molecule has 0 aliphatic carbocycles. The molecular weight excluding hydrogens is 1360 g/mol. The number of hydrogen-bond donors (Lipinski definition) is 0. The largest absolute Gasteiger partial charge is 0.457 e. The van der Waals surface area contributed by atoms with Gasteiger partial charge in [0.05, 0.1) is 33.8 Å². The van der Waals surface area contributed by atoms with Gasteiger partial charge in [0.1, 0.15) is 17.1 Å². The van der Waals surface area contributed by atoms with E-state index in [2.05, 4.69) is 454 Å². The average Bonchev–Trinajstić information content (AvgIpc) is 1.45. The molecule has 0 fully saturated rings. The molecule has 0 N–H and O–H groups in total. The molecule has 0 bridgehead atoms. The van der Waals surface area contributed by atoms with E-state index < -0.39 is 0 Å². The molecule has 0 saturated carbocycles. The van der Waals surface area contributed by atoms with Crippen molar-refractivity contribution < 1.29 is 9.15 Å². The first-order valence-corrected chi connectivity index (χ1v) is 39.2. The second-order valence-electron chi connectivity index (χ2n) is 33.8. The van der Waals surface area contributed by atoms with Gasteiger partial charge in [-0.2, -0.15) is 0 Å². The van der Waals surface area contributed by atoms with Gasteiger partial charge in [-0.05, 0) is 175 Å². The van der Waals surface area contributed by atoms with Crippen LogP contribution < -0.4 is 19.4 Å². The molecule has 17 rings (SSSR count). The van der Waals surface area contributed by atoms with Crippen LogP contribution in [0.25, 0.3) is 93.9 Å². The van der Waals surface area contributed by atoms with Crippen molar-refractivity contribution in [1.29, 1.82) is 0 Å². The molecule has 0 radical (unpaired) electrons. The van der Waals surface area contributed by atoms with E-state index in [4.69, 9.17) is 9.15 Å². The Morgan fingerprint density at radius 2 is 0.643 bits per heavy atom. The number of nitrogens with zero attached hydrogens (tertiary/aromatic N) is 4. The van der Waals surface area contributed by atoms with Gasteiger partial charge in [0.15, 0.2) is 5.58 Å². The number of para-hydroxylation sites is 5. The van der Waals surface area contributed by atoms with E-state index in [1.807, 2.05) is 0 Å². The summed E-state index contributed by atoms with van der Waals surface area (Å²) in [5, 5.41) is 4.56. The number of rotatable bonds is 16. The molecule has 6 heteroatoms. The minimum Gasteiger partial charge on any atom is -0.457 e. The van der Waals surface area contributed by atoms with E-state index >= 15 is 0 Å². The molecule has 550 valence electrons. The molecular formula is C106H94N4O2. The van der Waals surface area contributed by atoms with Gasteiger partial charge < -0.3 is 28.4 Å². The highest BCUT2D eigenvalue weighted by Crippen LogP contribution is 2.54. The maximum absolute atomic E-state index is 7.48. The number of hydrogen-bond acceptors (Lipinski definition) is 5. The number of fused-ring (bicyclic) bond motifs is 6. The van der Waals surface area contributed by atoms with Gasteiger partial charge in [0.2, 0.25) is 0 Å². The lowest BCUT2D eigenvalue weighted by atomic mass is 9.85. The van der Waals surface area contributed by atoms with Gasteiger partial charge in [-0.15, -0.1) is 0 Å². The molecule has 2 heterocycles. The number of benzene rings is 15. The Hall–Kier alpha value is -12.9. The molecule has 0 atom stereocenters. The third-order valence-electron chi connectivity index (χ3n) is 22.0. The van der Waals surface area contributed by atoms with Crippen molar-refractivity contribution in [2.24, 2.45) is 0 Å². The van der Waals surface area contributed by atoms with Crippen molar-refractivity contribution >= 4 is 94.9 Å². The molecule has 112 heavy (non-hydrogen) atoms. The van der Waals surface area contributed by atoms with E-state index in [-0.39, 0.29) is 21.7 Å². The summed E-state index contributed by atoms with van der Waals surface area (Å²) in [4.78, 5) is 7.41. The monoisotopic (exact) mass is 1450 g/mol. The van der Waals surface area contributed by atoms with Crippen LogP contribution in [0.1, 0.15) is 105 Å². The number of anilines is 9. The van der Waals surface area contributed by atoms with Crippen LogP contribution >= 0.6 is 0 Å². The Kier molecular flexibility index (Phi) is 18.5. The van der Waals surface area contributed by atoms with Gasteiger partial charge in [0.25, 0.3) is 0 Å². The van der Waals surface area contributed by atoms with Crippen molar-refractivity contribution in [3.63, 3.8) is 0 Å². The van der Waals surface area contributed by atoms with Crippen molar-refractivity contribution in [2.75, 3.05) is 14.7 Å². The van der Waals surface area contributed by atoms with Crippen LogP contribution in [0.2, 0.25) is 0 Å². The van der Waals surface area contributed by atoms with Crippen molar-refractivity contribution in [3.8, 4) is 61.7 Å². The van der Waals surface area contributed by atoms with Crippen LogP contribution in [0.15, 0.2) is 356 Å². The summed E-state index contributed by atoms with van der Waals surface area (Å²) < 4.78 is 17.1. The van der Waals surface area contributed by atoms with Crippen LogP contribution in [0.5, 0.6) is 11.5 Å². The van der Waals surface area contributed by atoms with Gasteiger partial charge in [-0.25, -0.2) is 0 Å². The van der Waals surface area contributed by atoms with E-state index in [9.17, 15) is 0 Å². The van der Waals surface area contributed by atoms with Gasteiger partial charge in [0, 0.05) is 90.1 Å². The lowest BCUT2D eigenvalue weighted by molar-refractivity contribution is 0.478. The standard InChI is InChI=1S/C106H94N4O2/c1-103(2,3)75-57-59-96-94(65-75)95-66-76(104(4,5)6)58-60-97(95)110(96)82-47-31-48-86(69-82)111-87-64-78(106(10,11)12)63-85(70-87)109(101-90(73-39-22-15-23-40-73)52-33-53-91(101)74-41-24-16-25-42-74)81-46-30-45-80(67-81)107(98-55-34-54-93-92-49-28-29-56-99(92)112-102(93)98)83-61-77(105(7,8)9)62-84(68-83)108(79-43-26-17-27-44-79)100-88(71-35-18-13-19-36-71)50-32-51-89(100)72-37-20-14-21-38-72/h13-70H,1-12H3. The number of furan rings is 1. The van der Waals surface area contributed by atoms with Crippen LogP contribution in [0, 0.1) is 0 Å². The Morgan fingerprint density at radius 3 is 1.14 bits per heavy atom. The molecule has 0 saturated heterocycles. The Bertz CT molecular complexity index is 6140. The lowest BCUT2D eigenvalue weighted by Gasteiger charge is -2.35. The minimum absolute atomic E-state index is 0.0312. The quantitative estimate of drug-likeness (QED) is 0.0964. The average molecular weight is 1460 g/mol. The summed E-state index contributed by atoms with van der Waals surface area (Å²) in [6.07, 6.45) is 0. The predicted molar refractivity (Wildman–Crippen MR) is 475 cm³/mol. The van der Waals surface area contributed by atoms with Crippen molar-refractivity contribution in [2.45, 2.75) is 105 Å². The highest BCUT2D eigenvalue weighted by atomic mass is 16.5. The molecule has 0 spiro atoms. The maximum Gasteiger partial charge on any atom is 0.159 e.